The predicted molar refractivity (Wildman–Crippen MR) is 89.6 cm³/mol. The number of hydrogen-bond acceptors (Lipinski definition) is 7. The lowest BCUT2D eigenvalue weighted by atomic mass is 10.4. The molecule has 114 valence electrons. The van der Waals surface area contributed by atoms with E-state index >= 15 is 0 Å². The molecule has 3 heterocycles. The monoisotopic (exact) mass is 351 g/mol. The van der Waals surface area contributed by atoms with Crippen LogP contribution in [0.3, 0.4) is 0 Å². The fourth-order valence-electron chi connectivity index (χ4n) is 1.68. The fraction of sp³-hybridized carbons (Fsp3) is 0.231. The molecule has 9 heteroatoms. The molecule has 3 aromatic rings. The molecule has 0 aromatic carbocycles. The summed E-state index contributed by atoms with van der Waals surface area (Å²) in [5.74, 6) is 1.35. The summed E-state index contributed by atoms with van der Waals surface area (Å²) in [6, 6.07) is 3.98. The molecule has 6 nitrogen and oxygen atoms in total. The summed E-state index contributed by atoms with van der Waals surface area (Å²) in [6.07, 6.45) is 0. The van der Waals surface area contributed by atoms with Crippen LogP contribution in [0.1, 0.15) is 16.3 Å². The number of aromatic amines is 1. The van der Waals surface area contributed by atoms with Gasteiger partial charge in [-0.2, -0.15) is 0 Å². The lowest BCUT2D eigenvalue weighted by Gasteiger charge is -2.01. The van der Waals surface area contributed by atoms with Gasteiger partial charge in [-0.05, 0) is 18.4 Å². The van der Waals surface area contributed by atoms with Gasteiger partial charge in [0.2, 0.25) is 5.16 Å². The zero-order valence-corrected chi connectivity index (χ0v) is 14.1. The molecule has 0 aliphatic carbocycles. The van der Waals surface area contributed by atoms with E-state index in [2.05, 4.69) is 25.5 Å². The van der Waals surface area contributed by atoms with Crippen LogP contribution in [-0.4, -0.2) is 38.4 Å². The van der Waals surface area contributed by atoms with Crippen molar-refractivity contribution in [1.29, 1.82) is 0 Å². The molecule has 0 saturated carbocycles. The Morgan fingerprint density at radius 3 is 3.05 bits per heavy atom. The second-order valence-electron chi connectivity index (χ2n) is 4.32. The molecule has 0 saturated heterocycles. The first-order valence-corrected chi connectivity index (χ1v) is 9.26. The molecule has 0 bridgehead atoms. The molecule has 0 aliphatic heterocycles. The van der Waals surface area contributed by atoms with Gasteiger partial charge in [-0.1, -0.05) is 17.8 Å². The summed E-state index contributed by atoms with van der Waals surface area (Å²) in [6.45, 7) is 2.40. The fourth-order valence-corrected chi connectivity index (χ4v) is 3.99. The number of H-pyrrole nitrogens is 1. The highest BCUT2D eigenvalue weighted by molar-refractivity contribution is 7.99. The number of rotatable bonds is 6. The number of aromatic nitrogens is 4. The molecular formula is C13H13N5OS3. The number of carbonyl (C=O) groups is 1. The molecule has 0 fully saturated rings. The third kappa shape index (κ3) is 3.73. The lowest BCUT2D eigenvalue weighted by Crippen LogP contribution is -2.26. The predicted octanol–water partition coefficient (Wildman–Crippen LogP) is 2.82. The smallest absolute Gasteiger partial charge is 0.270 e. The highest BCUT2D eigenvalue weighted by Crippen LogP contribution is 2.27. The number of thiophene rings is 1. The maximum absolute atomic E-state index is 12.0. The Morgan fingerprint density at radius 1 is 1.41 bits per heavy atom. The molecule has 0 atom stereocenters. The van der Waals surface area contributed by atoms with Gasteiger partial charge in [0, 0.05) is 17.7 Å². The number of amides is 1. The van der Waals surface area contributed by atoms with E-state index < -0.39 is 0 Å². The van der Waals surface area contributed by atoms with Crippen molar-refractivity contribution in [3.8, 4) is 9.88 Å². The van der Waals surface area contributed by atoms with Crippen LogP contribution in [0.4, 0.5) is 0 Å². The van der Waals surface area contributed by atoms with Gasteiger partial charge in [-0.15, -0.1) is 27.8 Å². The quantitative estimate of drug-likeness (QED) is 0.527. The van der Waals surface area contributed by atoms with E-state index in [1.807, 2.05) is 24.4 Å². The molecule has 3 rings (SSSR count). The molecule has 2 N–H and O–H groups in total. The molecule has 1 amide bonds. The van der Waals surface area contributed by atoms with Crippen LogP contribution in [0.2, 0.25) is 0 Å². The standard InChI is InChI=1S/C13H13N5OS3/c1-8-15-13(18-17-8)21-6-4-14-11(19)9-7-22-12(16-9)10-3-2-5-20-10/h2-3,5,7H,4,6H2,1H3,(H,14,19)(H,15,17,18). The van der Waals surface area contributed by atoms with Gasteiger partial charge >= 0.3 is 0 Å². The summed E-state index contributed by atoms with van der Waals surface area (Å²) in [5, 5.41) is 15.0. The van der Waals surface area contributed by atoms with Crippen LogP contribution >= 0.6 is 34.4 Å². The normalized spacial score (nSPS) is 10.8. The largest absolute Gasteiger partial charge is 0.350 e. The number of nitrogens with one attached hydrogen (secondary N) is 2. The molecule has 3 aromatic heterocycles. The van der Waals surface area contributed by atoms with Crippen molar-refractivity contribution in [1.82, 2.24) is 25.5 Å². The van der Waals surface area contributed by atoms with Gasteiger partial charge in [-0.25, -0.2) is 9.97 Å². The maximum Gasteiger partial charge on any atom is 0.270 e. The van der Waals surface area contributed by atoms with Gasteiger partial charge in [-0.3, -0.25) is 9.89 Å². The van der Waals surface area contributed by atoms with Crippen LogP contribution in [0.25, 0.3) is 9.88 Å². The highest BCUT2D eigenvalue weighted by atomic mass is 32.2. The van der Waals surface area contributed by atoms with E-state index in [1.54, 1.807) is 16.7 Å². The Bertz CT molecular complexity index is 749. The molecule has 22 heavy (non-hydrogen) atoms. The van der Waals surface area contributed by atoms with Crippen LogP contribution < -0.4 is 5.32 Å². The van der Waals surface area contributed by atoms with Gasteiger partial charge in [0.25, 0.3) is 5.91 Å². The molecule has 0 radical (unpaired) electrons. The maximum atomic E-state index is 12.0. The van der Waals surface area contributed by atoms with Crippen LogP contribution in [0.15, 0.2) is 28.0 Å². The van der Waals surface area contributed by atoms with Crippen molar-refractivity contribution in [2.45, 2.75) is 12.1 Å². The zero-order chi connectivity index (χ0) is 15.4. The van der Waals surface area contributed by atoms with Crippen LogP contribution in [0.5, 0.6) is 0 Å². The second kappa shape index (κ2) is 7.03. The number of nitrogens with zero attached hydrogens (tertiary/aromatic N) is 3. The Balaban J connectivity index is 1.48. The van der Waals surface area contributed by atoms with Crippen molar-refractivity contribution in [2.75, 3.05) is 12.3 Å². The topological polar surface area (TPSA) is 83.6 Å². The molecular weight excluding hydrogens is 338 g/mol. The Morgan fingerprint density at radius 2 is 2.32 bits per heavy atom. The van der Waals surface area contributed by atoms with Crippen LogP contribution in [-0.2, 0) is 0 Å². The summed E-state index contributed by atoms with van der Waals surface area (Å²) >= 11 is 4.60. The number of carbonyl (C=O) groups excluding carboxylic acids is 1. The number of hydrogen-bond donors (Lipinski definition) is 2. The van der Waals surface area contributed by atoms with Gasteiger partial charge in [0.15, 0.2) is 0 Å². The van der Waals surface area contributed by atoms with E-state index in [9.17, 15) is 4.79 Å². The Kier molecular flexibility index (Phi) is 4.86. The minimum Gasteiger partial charge on any atom is -0.350 e. The van der Waals surface area contributed by atoms with Crippen molar-refractivity contribution in [3.63, 3.8) is 0 Å². The van der Waals surface area contributed by atoms with Crippen molar-refractivity contribution in [2.24, 2.45) is 0 Å². The van der Waals surface area contributed by atoms with Crippen LogP contribution in [0, 0.1) is 6.92 Å². The molecule has 0 spiro atoms. The second-order valence-corrected chi connectivity index (χ2v) is 7.19. The van der Waals surface area contributed by atoms with E-state index in [0.29, 0.717) is 23.1 Å². The number of thiazole rings is 1. The van der Waals surface area contributed by atoms with E-state index in [0.717, 1.165) is 15.7 Å². The first-order valence-electron chi connectivity index (χ1n) is 6.52. The first-order chi connectivity index (χ1) is 10.7. The lowest BCUT2D eigenvalue weighted by molar-refractivity contribution is 0.0952. The average molecular weight is 351 g/mol. The minimum absolute atomic E-state index is 0.147. The van der Waals surface area contributed by atoms with Gasteiger partial charge < -0.3 is 5.32 Å². The highest BCUT2D eigenvalue weighted by Gasteiger charge is 2.12. The van der Waals surface area contributed by atoms with Gasteiger partial charge in [0.1, 0.15) is 16.5 Å². The van der Waals surface area contributed by atoms with Crippen molar-refractivity contribution in [3.05, 3.63) is 34.4 Å². The van der Waals surface area contributed by atoms with E-state index in [-0.39, 0.29) is 5.91 Å². The summed E-state index contributed by atoms with van der Waals surface area (Å²) in [5.41, 5.74) is 0.465. The van der Waals surface area contributed by atoms with E-state index in [4.69, 9.17) is 0 Å². The van der Waals surface area contributed by atoms with Crippen molar-refractivity contribution < 1.29 is 4.79 Å². The number of aryl methyl sites for hydroxylation is 1. The van der Waals surface area contributed by atoms with Crippen molar-refractivity contribution >= 4 is 40.3 Å². The summed E-state index contributed by atoms with van der Waals surface area (Å²) in [4.78, 5) is 21.7. The summed E-state index contributed by atoms with van der Waals surface area (Å²) in [7, 11) is 0. The number of thioether (sulfide) groups is 1. The molecule has 0 aliphatic rings. The zero-order valence-electron chi connectivity index (χ0n) is 11.7. The third-order valence-corrected chi connectivity index (χ3v) is 5.39. The SMILES string of the molecule is Cc1nc(SCCNC(=O)c2csc(-c3cccs3)n2)n[nH]1. The first kappa shape index (κ1) is 15.2. The minimum atomic E-state index is -0.147. The molecule has 0 unspecified atom stereocenters. The Hall–Kier alpha value is -1.71. The van der Waals surface area contributed by atoms with Gasteiger partial charge in [0.05, 0.1) is 4.88 Å². The average Bonchev–Trinajstić information content (AvgIpc) is 3.23. The Labute approximate surface area is 139 Å². The summed E-state index contributed by atoms with van der Waals surface area (Å²) < 4.78 is 0. The third-order valence-electron chi connectivity index (χ3n) is 2.66. The van der Waals surface area contributed by atoms with E-state index in [1.165, 1.54) is 23.1 Å².